The first kappa shape index (κ1) is 17.9. The smallest absolute Gasteiger partial charge is 0.416 e. The second-order valence-electron chi connectivity index (χ2n) is 4.34. The highest BCUT2D eigenvalue weighted by atomic mass is 19.4. The van der Waals surface area contributed by atoms with E-state index in [4.69, 9.17) is 5.73 Å². The van der Waals surface area contributed by atoms with Crippen LogP contribution < -0.4 is 11.1 Å². The van der Waals surface area contributed by atoms with Crippen LogP contribution in [-0.4, -0.2) is 25.5 Å². The summed E-state index contributed by atoms with van der Waals surface area (Å²) in [4.78, 5) is 22.6. The Hall–Kier alpha value is -2.16. The van der Waals surface area contributed by atoms with Crippen molar-refractivity contribution in [3.63, 3.8) is 0 Å². The largest absolute Gasteiger partial charge is 0.469 e. The number of nitrogens with two attached hydrogens (primary N) is 1. The van der Waals surface area contributed by atoms with Gasteiger partial charge in [-0.2, -0.15) is 13.2 Å². The molecule has 0 bridgehead atoms. The van der Waals surface area contributed by atoms with Crippen LogP contribution >= 0.6 is 0 Å². The molecule has 1 aromatic rings. The Balaban J connectivity index is 3.22. The number of methoxy groups -OCH3 is 1. The Labute approximate surface area is 123 Å². The molecule has 0 aliphatic rings. The molecule has 1 aromatic carbocycles. The summed E-state index contributed by atoms with van der Waals surface area (Å²) < 4.78 is 56.3. The lowest BCUT2D eigenvalue weighted by atomic mass is 10.00. The number of rotatable bonds is 5. The maximum absolute atomic E-state index is 13.8. The minimum Gasteiger partial charge on any atom is -0.469 e. The molecular weight excluding hydrogens is 308 g/mol. The van der Waals surface area contributed by atoms with Gasteiger partial charge in [-0.25, -0.2) is 4.39 Å². The molecule has 3 N–H and O–H groups in total. The molecule has 1 amide bonds. The number of amides is 1. The molecule has 0 unspecified atom stereocenters. The van der Waals surface area contributed by atoms with Gasteiger partial charge in [-0.3, -0.25) is 9.59 Å². The van der Waals surface area contributed by atoms with Gasteiger partial charge in [0.15, 0.2) is 0 Å². The fourth-order valence-electron chi connectivity index (χ4n) is 1.73. The SMILES string of the molecule is COC(=O)C[C@H](NC(=O)CN)c1cc(C(F)(F)F)ccc1F. The van der Waals surface area contributed by atoms with Crippen molar-refractivity contribution in [2.75, 3.05) is 13.7 Å². The van der Waals surface area contributed by atoms with Gasteiger partial charge in [-0.1, -0.05) is 0 Å². The summed E-state index contributed by atoms with van der Waals surface area (Å²) in [6.07, 6.45) is -5.21. The Kier molecular flexibility index (Phi) is 5.86. The number of carbonyl (C=O) groups excluding carboxylic acids is 2. The predicted molar refractivity (Wildman–Crippen MR) is 68.0 cm³/mol. The van der Waals surface area contributed by atoms with E-state index in [2.05, 4.69) is 10.1 Å². The van der Waals surface area contributed by atoms with Crippen molar-refractivity contribution in [3.05, 3.63) is 35.1 Å². The van der Waals surface area contributed by atoms with E-state index in [9.17, 15) is 27.2 Å². The topological polar surface area (TPSA) is 81.4 Å². The third-order valence-corrected chi connectivity index (χ3v) is 2.82. The van der Waals surface area contributed by atoms with E-state index >= 15 is 0 Å². The first-order valence-electron chi connectivity index (χ1n) is 6.12. The van der Waals surface area contributed by atoms with Gasteiger partial charge in [0, 0.05) is 5.56 Å². The summed E-state index contributed by atoms with van der Waals surface area (Å²) >= 11 is 0. The summed E-state index contributed by atoms with van der Waals surface area (Å²) in [5, 5.41) is 2.20. The first-order chi connectivity index (χ1) is 10.2. The van der Waals surface area contributed by atoms with Crippen molar-refractivity contribution in [2.24, 2.45) is 5.73 Å². The van der Waals surface area contributed by atoms with Gasteiger partial charge < -0.3 is 15.8 Å². The number of alkyl halides is 3. The molecule has 0 spiro atoms. The highest BCUT2D eigenvalue weighted by Gasteiger charge is 2.32. The third-order valence-electron chi connectivity index (χ3n) is 2.82. The van der Waals surface area contributed by atoms with Crippen molar-refractivity contribution in [3.8, 4) is 0 Å². The first-order valence-corrected chi connectivity index (χ1v) is 6.12. The monoisotopic (exact) mass is 322 g/mol. The van der Waals surface area contributed by atoms with Gasteiger partial charge in [0.2, 0.25) is 5.91 Å². The van der Waals surface area contributed by atoms with Crippen LogP contribution in [0.25, 0.3) is 0 Å². The standard InChI is InChI=1S/C13H14F4N2O3/c1-22-12(21)5-10(19-11(20)6-18)8-4-7(13(15,16)17)2-3-9(8)14/h2-4,10H,5-6,18H2,1H3,(H,19,20)/t10-/m0/s1. The number of hydrogen-bond donors (Lipinski definition) is 2. The molecular formula is C13H14F4N2O3. The highest BCUT2D eigenvalue weighted by molar-refractivity contribution is 5.79. The summed E-state index contributed by atoms with van der Waals surface area (Å²) in [5.74, 6) is -2.55. The van der Waals surface area contributed by atoms with Crippen molar-refractivity contribution < 1.29 is 31.9 Å². The zero-order valence-electron chi connectivity index (χ0n) is 11.5. The maximum Gasteiger partial charge on any atom is 0.416 e. The number of esters is 1. The van der Waals surface area contributed by atoms with Gasteiger partial charge >= 0.3 is 12.1 Å². The molecule has 0 radical (unpaired) electrons. The maximum atomic E-state index is 13.8. The zero-order chi connectivity index (χ0) is 16.9. The summed E-state index contributed by atoms with van der Waals surface area (Å²) in [6.45, 7) is -0.460. The van der Waals surface area contributed by atoms with E-state index < -0.39 is 54.0 Å². The lowest BCUT2D eigenvalue weighted by molar-refractivity contribution is -0.141. The van der Waals surface area contributed by atoms with E-state index in [1.165, 1.54) is 0 Å². The highest BCUT2D eigenvalue weighted by Crippen LogP contribution is 2.32. The quantitative estimate of drug-likeness (QED) is 0.636. The molecule has 0 saturated carbocycles. The van der Waals surface area contributed by atoms with Crippen LogP contribution in [0.3, 0.4) is 0 Å². The molecule has 122 valence electrons. The fraction of sp³-hybridized carbons (Fsp3) is 0.385. The molecule has 0 fully saturated rings. The summed E-state index contributed by atoms with van der Waals surface area (Å²) in [7, 11) is 1.06. The van der Waals surface area contributed by atoms with Gasteiger partial charge in [0.05, 0.1) is 31.7 Å². The Morgan fingerprint density at radius 1 is 1.36 bits per heavy atom. The van der Waals surface area contributed by atoms with Crippen molar-refractivity contribution in [1.29, 1.82) is 0 Å². The number of nitrogens with one attached hydrogen (secondary N) is 1. The minimum atomic E-state index is -4.68. The number of carbonyl (C=O) groups is 2. The molecule has 1 atom stereocenters. The van der Waals surface area contributed by atoms with Crippen molar-refractivity contribution in [2.45, 2.75) is 18.6 Å². The lowest BCUT2D eigenvalue weighted by Gasteiger charge is -2.19. The number of hydrogen-bond acceptors (Lipinski definition) is 4. The minimum absolute atomic E-state index is 0.460. The third kappa shape index (κ3) is 4.69. The summed E-state index contributed by atoms with van der Waals surface area (Å²) in [5.41, 5.74) is 3.53. The van der Waals surface area contributed by atoms with Crippen LogP contribution in [0.4, 0.5) is 17.6 Å². The number of ether oxygens (including phenoxy) is 1. The second-order valence-corrected chi connectivity index (χ2v) is 4.34. The summed E-state index contributed by atoms with van der Waals surface area (Å²) in [6, 6.07) is 0.418. The average molecular weight is 322 g/mol. The van der Waals surface area contributed by atoms with Crippen LogP contribution in [0, 0.1) is 5.82 Å². The predicted octanol–water partition coefficient (Wildman–Crippen LogP) is 1.52. The average Bonchev–Trinajstić information content (AvgIpc) is 2.45. The second kappa shape index (κ2) is 7.21. The Bertz CT molecular complexity index is 543. The molecule has 0 saturated heterocycles. The molecule has 0 aromatic heterocycles. The van der Waals surface area contributed by atoms with E-state index in [0.717, 1.165) is 7.11 Å². The molecule has 1 rings (SSSR count). The zero-order valence-corrected chi connectivity index (χ0v) is 11.5. The molecule has 9 heteroatoms. The Morgan fingerprint density at radius 2 is 2.00 bits per heavy atom. The fourth-order valence-corrected chi connectivity index (χ4v) is 1.73. The van der Waals surface area contributed by atoms with Crippen LogP contribution in [0.5, 0.6) is 0 Å². The normalized spacial score (nSPS) is 12.6. The van der Waals surface area contributed by atoms with E-state index in [1.54, 1.807) is 0 Å². The molecule has 0 aliphatic carbocycles. The molecule has 0 aliphatic heterocycles. The van der Waals surface area contributed by atoms with Gasteiger partial charge in [0.1, 0.15) is 5.82 Å². The van der Waals surface area contributed by atoms with Crippen LogP contribution in [-0.2, 0) is 20.5 Å². The van der Waals surface area contributed by atoms with Gasteiger partial charge in [0.25, 0.3) is 0 Å². The molecule has 22 heavy (non-hydrogen) atoms. The number of benzene rings is 1. The van der Waals surface area contributed by atoms with Crippen molar-refractivity contribution in [1.82, 2.24) is 5.32 Å². The van der Waals surface area contributed by atoms with E-state index in [0.29, 0.717) is 18.2 Å². The lowest BCUT2D eigenvalue weighted by Crippen LogP contribution is -2.35. The van der Waals surface area contributed by atoms with Gasteiger partial charge in [-0.05, 0) is 18.2 Å². The Morgan fingerprint density at radius 3 is 2.50 bits per heavy atom. The van der Waals surface area contributed by atoms with E-state index in [-0.39, 0.29) is 0 Å². The van der Waals surface area contributed by atoms with E-state index in [1.807, 2.05) is 0 Å². The van der Waals surface area contributed by atoms with Crippen LogP contribution in [0.1, 0.15) is 23.6 Å². The van der Waals surface area contributed by atoms with Crippen LogP contribution in [0.15, 0.2) is 18.2 Å². The molecule has 0 heterocycles. The number of halogens is 4. The van der Waals surface area contributed by atoms with Crippen LogP contribution in [0.2, 0.25) is 0 Å². The van der Waals surface area contributed by atoms with Crippen molar-refractivity contribution >= 4 is 11.9 Å². The molecule has 5 nitrogen and oxygen atoms in total. The van der Waals surface area contributed by atoms with Gasteiger partial charge in [-0.15, -0.1) is 0 Å².